The van der Waals surface area contributed by atoms with Crippen molar-refractivity contribution >= 4 is 17.6 Å². The van der Waals surface area contributed by atoms with Gasteiger partial charge in [-0.2, -0.15) is 0 Å². The van der Waals surface area contributed by atoms with Gasteiger partial charge in [-0.25, -0.2) is 9.18 Å². The summed E-state index contributed by atoms with van der Waals surface area (Å²) in [7, 11) is 1.62. The van der Waals surface area contributed by atoms with Crippen LogP contribution in [0.25, 0.3) is 0 Å². The Labute approximate surface area is 214 Å². The number of hydrogen-bond donors (Lipinski definition) is 2. The molecule has 0 heterocycles. The van der Waals surface area contributed by atoms with Gasteiger partial charge < -0.3 is 20.1 Å². The van der Waals surface area contributed by atoms with E-state index in [1.165, 1.54) is 12.1 Å². The minimum absolute atomic E-state index is 0.307. The number of anilines is 1. The van der Waals surface area contributed by atoms with Crippen LogP contribution in [0.15, 0.2) is 103 Å². The summed E-state index contributed by atoms with van der Waals surface area (Å²) in [6.07, 6.45) is 0. The molecule has 1 unspecified atom stereocenters. The summed E-state index contributed by atoms with van der Waals surface area (Å²) in [4.78, 5) is 26.6. The molecule has 37 heavy (non-hydrogen) atoms. The number of nitrogens with zero attached hydrogens (tertiary/aromatic N) is 1. The van der Waals surface area contributed by atoms with E-state index in [4.69, 9.17) is 4.74 Å². The van der Waals surface area contributed by atoms with E-state index in [0.29, 0.717) is 24.2 Å². The molecule has 0 aromatic heterocycles. The molecule has 4 rings (SSSR count). The van der Waals surface area contributed by atoms with Gasteiger partial charge in [-0.1, -0.05) is 54.6 Å². The van der Waals surface area contributed by atoms with Gasteiger partial charge in [-0.05, 0) is 65.2 Å². The Morgan fingerprint density at radius 2 is 1.41 bits per heavy atom. The number of carboxylic acid groups (broad SMARTS) is 1. The summed E-state index contributed by atoms with van der Waals surface area (Å²) in [5, 5.41) is 12.2. The fourth-order valence-electron chi connectivity index (χ4n) is 3.97. The smallest absolute Gasteiger partial charge is 0.330 e. The summed E-state index contributed by atoms with van der Waals surface area (Å²) < 4.78 is 18.8. The Bertz CT molecular complexity index is 1330. The molecule has 4 aromatic carbocycles. The van der Waals surface area contributed by atoms with Crippen molar-refractivity contribution in [2.75, 3.05) is 12.0 Å². The lowest BCUT2D eigenvalue weighted by molar-refractivity contribution is -0.139. The molecule has 7 heteroatoms. The maximum atomic E-state index is 13.5. The maximum Gasteiger partial charge on any atom is 0.330 e. The van der Waals surface area contributed by atoms with E-state index < -0.39 is 17.9 Å². The van der Waals surface area contributed by atoms with Crippen molar-refractivity contribution in [3.05, 3.63) is 131 Å². The highest BCUT2D eigenvalue weighted by atomic mass is 19.1. The first-order valence-electron chi connectivity index (χ1n) is 11.7. The van der Waals surface area contributed by atoms with E-state index in [2.05, 4.69) is 10.2 Å². The van der Waals surface area contributed by atoms with Crippen LogP contribution in [0.3, 0.4) is 0 Å². The second-order valence-electron chi connectivity index (χ2n) is 8.53. The normalized spacial score (nSPS) is 11.4. The van der Waals surface area contributed by atoms with Crippen LogP contribution in [-0.2, 0) is 17.9 Å². The number of halogens is 1. The monoisotopic (exact) mass is 498 g/mol. The van der Waals surface area contributed by atoms with E-state index in [0.717, 1.165) is 22.6 Å². The summed E-state index contributed by atoms with van der Waals surface area (Å²) in [6, 6.07) is 28.5. The number of rotatable bonds is 10. The molecule has 0 aliphatic carbocycles. The van der Waals surface area contributed by atoms with Crippen LogP contribution in [0.1, 0.15) is 33.1 Å². The van der Waals surface area contributed by atoms with Crippen molar-refractivity contribution in [1.82, 2.24) is 5.32 Å². The zero-order valence-corrected chi connectivity index (χ0v) is 20.3. The van der Waals surface area contributed by atoms with Crippen molar-refractivity contribution in [2.24, 2.45) is 0 Å². The summed E-state index contributed by atoms with van der Waals surface area (Å²) >= 11 is 0. The van der Waals surface area contributed by atoms with Crippen molar-refractivity contribution in [1.29, 1.82) is 0 Å². The second-order valence-corrected chi connectivity index (χ2v) is 8.53. The van der Waals surface area contributed by atoms with Gasteiger partial charge in [0.15, 0.2) is 6.04 Å². The van der Waals surface area contributed by atoms with Gasteiger partial charge in [0.2, 0.25) is 0 Å². The van der Waals surface area contributed by atoms with E-state index in [1.54, 1.807) is 61.7 Å². The van der Waals surface area contributed by atoms with E-state index in [-0.39, 0.29) is 5.82 Å². The number of methoxy groups -OCH3 is 1. The van der Waals surface area contributed by atoms with Crippen LogP contribution >= 0.6 is 0 Å². The quantitative estimate of drug-likeness (QED) is 0.298. The predicted octanol–water partition coefficient (Wildman–Crippen LogP) is 5.60. The SMILES string of the molecule is COc1ccc(CN(Cc2ccc(C(=O)NC(C(=O)O)c3ccccc3)cc2)c2ccc(F)cc2)cc1. The summed E-state index contributed by atoms with van der Waals surface area (Å²) in [6.45, 7) is 1.09. The molecule has 2 N–H and O–H groups in total. The minimum Gasteiger partial charge on any atom is -0.497 e. The Morgan fingerprint density at radius 3 is 1.95 bits per heavy atom. The Kier molecular flexibility index (Phi) is 8.15. The molecule has 188 valence electrons. The standard InChI is InChI=1S/C30H27FN2O4/c1-37-27-17-9-22(10-18-27)20-33(26-15-13-25(31)14-16-26)19-21-7-11-24(12-8-21)29(34)32-28(30(35)36)23-5-3-2-4-6-23/h2-18,28H,19-20H2,1H3,(H,32,34)(H,35,36). The fraction of sp³-hybridized carbons (Fsp3) is 0.133. The van der Waals surface area contributed by atoms with Crippen LogP contribution in [0, 0.1) is 5.82 Å². The van der Waals surface area contributed by atoms with Crippen LogP contribution in [0.4, 0.5) is 10.1 Å². The first-order chi connectivity index (χ1) is 17.9. The first-order valence-corrected chi connectivity index (χ1v) is 11.7. The topological polar surface area (TPSA) is 78.9 Å². The zero-order valence-electron chi connectivity index (χ0n) is 20.3. The summed E-state index contributed by atoms with van der Waals surface area (Å²) in [5.74, 6) is -1.15. The zero-order chi connectivity index (χ0) is 26.2. The van der Waals surface area contributed by atoms with Crippen molar-refractivity contribution in [3.63, 3.8) is 0 Å². The molecule has 1 atom stereocenters. The molecule has 0 radical (unpaired) electrons. The number of carbonyl (C=O) groups excluding carboxylic acids is 1. The van der Waals surface area contributed by atoms with Crippen LogP contribution in [0.2, 0.25) is 0 Å². The third-order valence-electron chi connectivity index (χ3n) is 5.97. The molecular formula is C30H27FN2O4. The van der Waals surface area contributed by atoms with Gasteiger partial charge in [0.1, 0.15) is 11.6 Å². The lowest BCUT2D eigenvalue weighted by Crippen LogP contribution is -2.33. The average molecular weight is 499 g/mol. The lowest BCUT2D eigenvalue weighted by Gasteiger charge is -2.25. The van der Waals surface area contributed by atoms with E-state index >= 15 is 0 Å². The minimum atomic E-state index is -1.15. The lowest BCUT2D eigenvalue weighted by atomic mass is 10.1. The number of aliphatic carboxylic acids is 1. The number of nitrogens with one attached hydrogen (secondary N) is 1. The van der Waals surface area contributed by atoms with Gasteiger partial charge in [-0.15, -0.1) is 0 Å². The van der Waals surface area contributed by atoms with Crippen LogP contribution in [0.5, 0.6) is 5.75 Å². The number of benzene rings is 4. The number of hydrogen-bond acceptors (Lipinski definition) is 4. The molecule has 0 bridgehead atoms. The predicted molar refractivity (Wildman–Crippen MR) is 140 cm³/mol. The van der Waals surface area contributed by atoms with Gasteiger partial charge in [0, 0.05) is 24.3 Å². The fourth-order valence-corrected chi connectivity index (χ4v) is 3.97. The number of carboxylic acids is 1. The molecule has 0 aliphatic rings. The van der Waals surface area contributed by atoms with Crippen molar-refractivity contribution in [2.45, 2.75) is 19.1 Å². The average Bonchev–Trinajstić information content (AvgIpc) is 2.93. The van der Waals surface area contributed by atoms with Gasteiger partial charge in [0.05, 0.1) is 7.11 Å². The maximum absolute atomic E-state index is 13.5. The van der Waals surface area contributed by atoms with E-state index in [1.807, 2.05) is 36.4 Å². The molecule has 1 amide bonds. The molecule has 6 nitrogen and oxygen atoms in total. The highest BCUT2D eigenvalue weighted by Gasteiger charge is 2.22. The molecule has 4 aromatic rings. The molecular weight excluding hydrogens is 471 g/mol. The molecule has 0 spiro atoms. The molecule has 0 saturated carbocycles. The Balaban J connectivity index is 1.49. The Morgan fingerprint density at radius 1 is 0.838 bits per heavy atom. The Hall–Kier alpha value is -4.65. The molecule has 0 saturated heterocycles. The molecule has 0 fully saturated rings. The van der Waals surface area contributed by atoms with Crippen LogP contribution < -0.4 is 15.0 Å². The van der Waals surface area contributed by atoms with E-state index in [9.17, 15) is 19.1 Å². The highest BCUT2D eigenvalue weighted by Crippen LogP contribution is 2.22. The second kappa shape index (κ2) is 11.9. The van der Waals surface area contributed by atoms with Crippen molar-refractivity contribution < 1.29 is 23.8 Å². The largest absolute Gasteiger partial charge is 0.497 e. The van der Waals surface area contributed by atoms with Crippen LogP contribution in [-0.4, -0.2) is 24.1 Å². The number of carbonyl (C=O) groups is 2. The highest BCUT2D eigenvalue weighted by molar-refractivity contribution is 5.96. The van der Waals surface area contributed by atoms with Gasteiger partial charge >= 0.3 is 5.97 Å². The molecule has 0 aliphatic heterocycles. The van der Waals surface area contributed by atoms with Crippen molar-refractivity contribution in [3.8, 4) is 5.75 Å². The van der Waals surface area contributed by atoms with Gasteiger partial charge in [-0.3, -0.25) is 4.79 Å². The first kappa shape index (κ1) is 25.4. The third kappa shape index (κ3) is 6.73. The number of ether oxygens (including phenoxy) is 1. The van der Waals surface area contributed by atoms with Gasteiger partial charge in [0.25, 0.3) is 5.91 Å². The number of amides is 1. The third-order valence-corrected chi connectivity index (χ3v) is 5.97. The summed E-state index contributed by atoms with van der Waals surface area (Å²) in [5.41, 5.74) is 3.70.